The third kappa shape index (κ3) is 4.14. The van der Waals surface area contributed by atoms with E-state index >= 15 is 0 Å². The van der Waals surface area contributed by atoms with Gasteiger partial charge in [0.1, 0.15) is 34.9 Å². The second-order valence-electron chi connectivity index (χ2n) is 7.83. The molecule has 5 aromatic rings. The topological polar surface area (TPSA) is 104 Å². The van der Waals surface area contributed by atoms with E-state index in [-0.39, 0.29) is 30.3 Å². The van der Waals surface area contributed by atoms with Crippen LogP contribution in [0.2, 0.25) is 0 Å². The van der Waals surface area contributed by atoms with Gasteiger partial charge in [-0.2, -0.15) is 4.98 Å². The van der Waals surface area contributed by atoms with Crippen LogP contribution >= 0.6 is 0 Å². The summed E-state index contributed by atoms with van der Waals surface area (Å²) in [6.45, 7) is 5.63. The number of para-hydroxylation sites is 1. The summed E-state index contributed by atoms with van der Waals surface area (Å²) in [5.41, 5.74) is 2.35. The molecule has 0 saturated carbocycles. The second-order valence-corrected chi connectivity index (χ2v) is 7.83. The highest BCUT2D eigenvalue weighted by Crippen LogP contribution is 2.32. The van der Waals surface area contributed by atoms with E-state index in [1.54, 1.807) is 30.4 Å². The lowest BCUT2D eigenvalue weighted by molar-refractivity contribution is 0.0526. The molecular formula is C25H22FN5O4. The highest BCUT2D eigenvalue weighted by molar-refractivity contribution is 6.09. The number of aryl methyl sites for hydroxylation is 2. The molecule has 2 aromatic carbocycles. The SMILES string of the molecule is CCOC(=O)c1c(C)oc2nc(Nc3ccc(F)cc3)n3c(COc4ccccc4C)nnc3c12. The van der Waals surface area contributed by atoms with Crippen molar-refractivity contribution in [3.8, 4) is 5.75 Å². The van der Waals surface area contributed by atoms with Crippen molar-refractivity contribution in [1.82, 2.24) is 19.6 Å². The zero-order valence-electron chi connectivity index (χ0n) is 19.3. The Morgan fingerprint density at radius 3 is 2.63 bits per heavy atom. The van der Waals surface area contributed by atoms with E-state index < -0.39 is 5.97 Å². The summed E-state index contributed by atoms with van der Waals surface area (Å²) in [6.07, 6.45) is 0. The van der Waals surface area contributed by atoms with Crippen LogP contribution < -0.4 is 10.1 Å². The minimum Gasteiger partial charge on any atom is -0.485 e. The van der Waals surface area contributed by atoms with Crippen LogP contribution in [0.3, 0.4) is 0 Å². The molecule has 3 aromatic heterocycles. The monoisotopic (exact) mass is 475 g/mol. The fourth-order valence-electron chi connectivity index (χ4n) is 3.81. The Hall–Kier alpha value is -4.47. The number of carbonyl (C=O) groups excluding carboxylic acids is 1. The number of nitrogens with zero attached hydrogens (tertiary/aromatic N) is 4. The Labute approximate surface area is 199 Å². The van der Waals surface area contributed by atoms with E-state index in [1.807, 2.05) is 31.2 Å². The normalized spacial score (nSPS) is 11.2. The number of hydrogen-bond acceptors (Lipinski definition) is 8. The van der Waals surface area contributed by atoms with Crippen LogP contribution in [-0.4, -0.2) is 32.2 Å². The predicted molar refractivity (Wildman–Crippen MR) is 126 cm³/mol. The van der Waals surface area contributed by atoms with Gasteiger partial charge in [-0.15, -0.1) is 10.2 Å². The first-order valence-electron chi connectivity index (χ1n) is 11.0. The van der Waals surface area contributed by atoms with Crippen molar-refractivity contribution >= 4 is 34.4 Å². The Morgan fingerprint density at radius 2 is 1.89 bits per heavy atom. The molecule has 0 atom stereocenters. The number of nitrogens with one attached hydrogen (secondary N) is 1. The van der Waals surface area contributed by atoms with Crippen molar-refractivity contribution in [3.05, 3.63) is 77.1 Å². The molecule has 0 aliphatic rings. The van der Waals surface area contributed by atoms with Gasteiger partial charge >= 0.3 is 5.97 Å². The zero-order chi connectivity index (χ0) is 24.5. The second kappa shape index (κ2) is 9.05. The molecule has 3 heterocycles. The molecule has 0 saturated heterocycles. The van der Waals surface area contributed by atoms with E-state index in [2.05, 4.69) is 20.5 Å². The van der Waals surface area contributed by atoms with Crippen molar-refractivity contribution < 1.29 is 23.1 Å². The van der Waals surface area contributed by atoms with Crippen LogP contribution in [0.1, 0.15) is 34.4 Å². The molecule has 0 unspecified atom stereocenters. The first kappa shape index (κ1) is 22.3. The summed E-state index contributed by atoms with van der Waals surface area (Å²) < 4.78 is 32.1. The molecular weight excluding hydrogens is 453 g/mol. The number of anilines is 2. The number of fused-ring (bicyclic) bond motifs is 3. The molecule has 0 amide bonds. The molecule has 35 heavy (non-hydrogen) atoms. The molecule has 0 radical (unpaired) electrons. The van der Waals surface area contributed by atoms with Crippen LogP contribution in [0.4, 0.5) is 16.0 Å². The number of benzene rings is 2. The summed E-state index contributed by atoms with van der Waals surface area (Å²) in [6, 6.07) is 13.5. The number of aromatic nitrogens is 4. The number of halogens is 1. The maximum absolute atomic E-state index is 13.4. The third-order valence-electron chi connectivity index (χ3n) is 5.47. The van der Waals surface area contributed by atoms with E-state index in [9.17, 15) is 9.18 Å². The minimum atomic E-state index is -0.535. The van der Waals surface area contributed by atoms with E-state index in [4.69, 9.17) is 13.9 Å². The Morgan fingerprint density at radius 1 is 1.11 bits per heavy atom. The standard InChI is InChI=1S/C25H22FN5O4/c1-4-33-24(32)20-15(3)35-23-21(20)22-30-29-19(13-34-18-8-6-5-7-14(18)2)31(22)25(28-23)27-17-11-9-16(26)10-12-17/h5-12H,4,13H2,1-3H3,(H,27,28). The van der Waals surface area contributed by atoms with Gasteiger partial charge in [-0.1, -0.05) is 18.2 Å². The van der Waals surface area contributed by atoms with Gasteiger partial charge in [0.25, 0.3) is 0 Å². The first-order valence-corrected chi connectivity index (χ1v) is 11.0. The van der Waals surface area contributed by atoms with E-state index in [1.165, 1.54) is 12.1 Å². The molecule has 10 heteroatoms. The number of hydrogen-bond donors (Lipinski definition) is 1. The van der Waals surface area contributed by atoms with E-state index in [0.717, 1.165) is 5.56 Å². The summed E-state index contributed by atoms with van der Waals surface area (Å²) in [5, 5.41) is 12.2. The molecule has 178 valence electrons. The van der Waals surface area contributed by atoms with Crippen molar-refractivity contribution in [1.29, 1.82) is 0 Å². The van der Waals surface area contributed by atoms with Crippen LogP contribution in [0.15, 0.2) is 52.9 Å². The molecule has 0 fully saturated rings. The molecule has 1 N–H and O–H groups in total. The highest BCUT2D eigenvalue weighted by Gasteiger charge is 2.27. The van der Waals surface area contributed by atoms with Gasteiger partial charge in [0.05, 0.1) is 6.61 Å². The maximum atomic E-state index is 13.4. The first-order chi connectivity index (χ1) is 17.0. The molecule has 0 aliphatic carbocycles. The van der Waals surface area contributed by atoms with Gasteiger partial charge in [0.15, 0.2) is 11.5 Å². The lowest BCUT2D eigenvalue weighted by Gasteiger charge is -2.11. The predicted octanol–water partition coefficient (Wildman–Crippen LogP) is 5.13. The summed E-state index contributed by atoms with van der Waals surface area (Å²) >= 11 is 0. The molecule has 0 bridgehead atoms. The minimum absolute atomic E-state index is 0.0862. The Kier molecular flexibility index (Phi) is 5.77. The van der Waals surface area contributed by atoms with Gasteiger partial charge < -0.3 is 19.2 Å². The number of furan rings is 1. The molecule has 0 aliphatic heterocycles. The summed E-state index contributed by atoms with van der Waals surface area (Å²) in [7, 11) is 0. The molecule has 0 spiro atoms. The maximum Gasteiger partial charge on any atom is 0.342 e. The average Bonchev–Trinajstić information content (AvgIpc) is 3.40. The van der Waals surface area contributed by atoms with Crippen LogP contribution in [0, 0.1) is 19.7 Å². The van der Waals surface area contributed by atoms with Crippen LogP contribution in [-0.2, 0) is 11.3 Å². The summed E-state index contributed by atoms with van der Waals surface area (Å²) in [5.74, 6) is 0.923. The fourth-order valence-corrected chi connectivity index (χ4v) is 3.81. The van der Waals surface area contributed by atoms with E-state index in [0.29, 0.717) is 40.0 Å². The van der Waals surface area contributed by atoms with Gasteiger partial charge in [-0.05, 0) is 56.7 Å². The van der Waals surface area contributed by atoms with Crippen molar-refractivity contribution in [2.24, 2.45) is 0 Å². The molecule has 9 nitrogen and oxygen atoms in total. The van der Waals surface area contributed by atoms with Gasteiger partial charge in [0, 0.05) is 5.69 Å². The third-order valence-corrected chi connectivity index (χ3v) is 5.47. The zero-order valence-corrected chi connectivity index (χ0v) is 19.3. The van der Waals surface area contributed by atoms with Crippen LogP contribution in [0.5, 0.6) is 5.75 Å². The largest absolute Gasteiger partial charge is 0.485 e. The van der Waals surface area contributed by atoms with Crippen molar-refractivity contribution in [2.45, 2.75) is 27.4 Å². The quantitative estimate of drug-likeness (QED) is 0.323. The summed E-state index contributed by atoms with van der Waals surface area (Å²) in [4.78, 5) is 17.3. The van der Waals surface area contributed by atoms with Gasteiger partial charge in [0.2, 0.25) is 11.7 Å². The molecule has 5 rings (SSSR count). The van der Waals surface area contributed by atoms with Gasteiger partial charge in [-0.3, -0.25) is 0 Å². The fraction of sp³-hybridized carbons (Fsp3) is 0.200. The van der Waals surface area contributed by atoms with Crippen LogP contribution in [0.25, 0.3) is 16.7 Å². The Bertz CT molecular complexity index is 1540. The number of esters is 1. The Balaban J connectivity index is 1.66. The number of carbonyl (C=O) groups is 1. The average molecular weight is 475 g/mol. The van der Waals surface area contributed by atoms with Crippen molar-refractivity contribution in [3.63, 3.8) is 0 Å². The highest BCUT2D eigenvalue weighted by atomic mass is 19.1. The van der Waals surface area contributed by atoms with Crippen molar-refractivity contribution in [2.75, 3.05) is 11.9 Å². The van der Waals surface area contributed by atoms with Gasteiger partial charge in [-0.25, -0.2) is 13.6 Å². The lowest BCUT2D eigenvalue weighted by Crippen LogP contribution is -2.09. The number of ether oxygens (including phenoxy) is 2. The number of rotatable bonds is 7. The smallest absolute Gasteiger partial charge is 0.342 e. The lowest BCUT2D eigenvalue weighted by atomic mass is 10.2.